The minimum atomic E-state index is -0.319. The second-order valence-corrected chi connectivity index (χ2v) is 13.3. The maximum absolute atomic E-state index is 11.5. The number of carbonyl (C=O) groups excluding carboxylic acids is 2. The highest BCUT2D eigenvalue weighted by Gasteiger charge is 2.55. The van der Waals surface area contributed by atoms with E-state index in [9.17, 15) is 9.59 Å². The minimum absolute atomic E-state index is 0. The summed E-state index contributed by atoms with van der Waals surface area (Å²) in [5.41, 5.74) is 0.161. The Kier molecular flexibility index (Phi) is 18.7. The summed E-state index contributed by atoms with van der Waals surface area (Å²) in [4.78, 5) is 30.8. The first-order valence-corrected chi connectivity index (χ1v) is 16.7. The van der Waals surface area contributed by atoms with Crippen molar-refractivity contribution < 1.29 is 24.5 Å². The van der Waals surface area contributed by atoms with Crippen LogP contribution in [0.3, 0.4) is 0 Å². The number of nitrogens with one attached hydrogen (secondary N) is 3. The van der Waals surface area contributed by atoms with E-state index in [1.807, 2.05) is 43.9 Å². The van der Waals surface area contributed by atoms with Crippen molar-refractivity contribution >= 4 is 11.9 Å². The van der Waals surface area contributed by atoms with Crippen molar-refractivity contribution in [1.82, 2.24) is 35.6 Å². The molecule has 6 saturated heterocycles. The molecule has 5 N–H and O–H groups in total. The van der Waals surface area contributed by atoms with E-state index >= 15 is 0 Å². The summed E-state index contributed by atoms with van der Waals surface area (Å²) in [6.07, 6.45) is 9.06. The molecule has 6 aliphatic heterocycles. The number of hydrogen-bond donors (Lipinski definition) is 5. The molecular formula is C33H66N8O5. The number of aliphatic hydroxyl groups excluding tert-OH is 2. The molecule has 6 heterocycles. The number of aliphatic hydroxyl groups is 2. The number of likely N-dealkylation sites (tertiary alicyclic amines) is 4. The van der Waals surface area contributed by atoms with Gasteiger partial charge in [0.05, 0.1) is 38.0 Å². The van der Waals surface area contributed by atoms with Gasteiger partial charge in [-0.3, -0.25) is 24.3 Å². The van der Waals surface area contributed by atoms with Crippen molar-refractivity contribution in [1.29, 1.82) is 5.26 Å². The molecule has 6 aliphatic rings. The van der Waals surface area contributed by atoms with E-state index in [0.29, 0.717) is 24.6 Å². The summed E-state index contributed by atoms with van der Waals surface area (Å²) < 4.78 is 4.92. The molecule has 13 nitrogen and oxygen atoms in total. The first-order valence-electron chi connectivity index (χ1n) is 16.7. The Morgan fingerprint density at radius 1 is 1.02 bits per heavy atom. The lowest BCUT2D eigenvalue weighted by molar-refractivity contribution is -0.157. The van der Waals surface area contributed by atoms with Gasteiger partial charge in [0.2, 0.25) is 5.91 Å². The topological polar surface area (TPSA) is 157 Å². The van der Waals surface area contributed by atoms with Crippen molar-refractivity contribution in [3.05, 3.63) is 0 Å². The van der Waals surface area contributed by atoms with Crippen LogP contribution in [-0.4, -0.2) is 172 Å². The molecule has 0 aliphatic carbocycles. The van der Waals surface area contributed by atoms with Crippen LogP contribution in [0.2, 0.25) is 0 Å². The van der Waals surface area contributed by atoms with E-state index < -0.39 is 0 Å². The third-order valence-electron chi connectivity index (χ3n) is 10.2. The van der Waals surface area contributed by atoms with Crippen LogP contribution in [0, 0.1) is 11.3 Å². The van der Waals surface area contributed by atoms with Gasteiger partial charge in [0.1, 0.15) is 11.6 Å². The van der Waals surface area contributed by atoms with Crippen LogP contribution in [0.1, 0.15) is 65.7 Å². The van der Waals surface area contributed by atoms with Gasteiger partial charge < -0.3 is 35.8 Å². The lowest BCUT2D eigenvalue weighted by atomic mass is 9.87. The van der Waals surface area contributed by atoms with Gasteiger partial charge in [-0.2, -0.15) is 5.26 Å². The summed E-state index contributed by atoms with van der Waals surface area (Å²) in [6.45, 7) is 10.6. The standard InChI is InChI=1S/C8H14N2O.C8H15NO2.C7H15NO2.C6H12N2.C3H6N2.CH4/c1-9-6-8(7(9)11)4-3-5-10(8)2;1-3-11-8(10)7-5-4-6-9(7)2;1-8-4-2-3-7(8,5-9)6-10;1-2-6(8-3-1)4-7-5-6;1-5-3-2-4;/h3-6H2,1-2H3;7H,3-6H2,1-2H3;9-10H,2-6H2,1H3;7-8H,1-5H2;5H,3H2,1H3;1H4. The largest absolute Gasteiger partial charge is 0.465 e. The summed E-state index contributed by atoms with van der Waals surface area (Å²) >= 11 is 0. The van der Waals surface area contributed by atoms with Crippen molar-refractivity contribution in [2.75, 3.05) is 107 Å². The van der Waals surface area contributed by atoms with Crippen LogP contribution in [0.15, 0.2) is 0 Å². The monoisotopic (exact) mass is 655 g/mol. The summed E-state index contributed by atoms with van der Waals surface area (Å²) in [5.74, 6) is 0.255. The fourth-order valence-electron chi connectivity index (χ4n) is 6.93. The highest BCUT2D eigenvalue weighted by molar-refractivity contribution is 5.92. The fourth-order valence-corrected chi connectivity index (χ4v) is 6.93. The number of nitrogens with zero attached hydrogens (tertiary/aromatic N) is 5. The first kappa shape index (κ1) is 42.1. The smallest absolute Gasteiger partial charge is 0.323 e. The van der Waals surface area contributed by atoms with Gasteiger partial charge in [-0.1, -0.05) is 7.43 Å². The van der Waals surface area contributed by atoms with Gasteiger partial charge in [0.15, 0.2) is 0 Å². The zero-order valence-corrected chi connectivity index (χ0v) is 28.9. The van der Waals surface area contributed by atoms with Gasteiger partial charge in [0.25, 0.3) is 0 Å². The van der Waals surface area contributed by atoms with Crippen molar-refractivity contribution in [3.63, 3.8) is 0 Å². The quantitative estimate of drug-likeness (QED) is 0.155. The number of hydrogen-bond acceptors (Lipinski definition) is 12. The normalized spacial score (nSPS) is 27.2. The Hall–Kier alpha value is -1.89. The number of likely N-dealkylation sites (N-methyl/N-ethyl adjacent to an activating group) is 4. The predicted octanol–water partition coefficient (Wildman–Crippen LogP) is 0.0792. The summed E-state index contributed by atoms with van der Waals surface area (Å²) in [7, 11) is 9.58. The number of amides is 1. The molecule has 0 aromatic carbocycles. The fraction of sp³-hybridized carbons (Fsp3) is 0.909. The van der Waals surface area contributed by atoms with Crippen LogP contribution in [0.4, 0.5) is 0 Å². The van der Waals surface area contributed by atoms with E-state index in [0.717, 1.165) is 58.3 Å². The molecule has 268 valence electrons. The zero-order chi connectivity index (χ0) is 33.5. The molecule has 1 amide bonds. The first-order chi connectivity index (χ1) is 21.5. The minimum Gasteiger partial charge on any atom is -0.465 e. The number of esters is 1. The van der Waals surface area contributed by atoms with E-state index in [1.54, 1.807) is 7.05 Å². The van der Waals surface area contributed by atoms with Crippen molar-refractivity contribution in [3.8, 4) is 6.07 Å². The van der Waals surface area contributed by atoms with Gasteiger partial charge in [-0.15, -0.1) is 0 Å². The zero-order valence-electron chi connectivity index (χ0n) is 28.9. The second kappa shape index (κ2) is 20.5. The SMILES string of the molecule is C.C1CNC2(C1)CNC2.CCOC(=O)C1CCCN1C.CN1CC2(CCCN2C)C1=O.CN1CCCC1(CO)CO.CNCC#N. The maximum atomic E-state index is 11.5. The van der Waals surface area contributed by atoms with Crippen LogP contribution in [0.5, 0.6) is 0 Å². The number of β-lactam (4-membered cyclic amide) rings is 1. The van der Waals surface area contributed by atoms with E-state index in [2.05, 4.69) is 32.8 Å². The van der Waals surface area contributed by atoms with E-state index in [-0.39, 0.29) is 43.7 Å². The van der Waals surface area contributed by atoms with Gasteiger partial charge in [-0.05, 0) is 113 Å². The van der Waals surface area contributed by atoms with Crippen LogP contribution in [0.25, 0.3) is 0 Å². The average molecular weight is 655 g/mol. The number of carbonyl (C=O) groups is 2. The highest BCUT2D eigenvalue weighted by atomic mass is 16.5. The Morgan fingerprint density at radius 3 is 1.96 bits per heavy atom. The third kappa shape index (κ3) is 10.8. The molecule has 46 heavy (non-hydrogen) atoms. The molecule has 6 fully saturated rings. The van der Waals surface area contributed by atoms with Crippen LogP contribution < -0.4 is 16.0 Å². The maximum Gasteiger partial charge on any atom is 0.323 e. The molecule has 0 aromatic rings. The summed E-state index contributed by atoms with van der Waals surface area (Å²) in [5, 5.41) is 35.2. The molecule has 2 spiro atoms. The molecule has 2 unspecified atom stereocenters. The molecule has 0 bridgehead atoms. The lowest BCUT2D eigenvalue weighted by Crippen LogP contribution is -2.69. The lowest BCUT2D eigenvalue weighted by Gasteiger charge is -2.48. The van der Waals surface area contributed by atoms with Crippen molar-refractivity contribution in [2.24, 2.45) is 0 Å². The van der Waals surface area contributed by atoms with E-state index in [1.165, 1.54) is 38.9 Å². The van der Waals surface area contributed by atoms with Crippen LogP contribution >= 0.6 is 0 Å². The molecule has 13 heteroatoms. The van der Waals surface area contributed by atoms with Gasteiger partial charge in [-0.25, -0.2) is 0 Å². The summed E-state index contributed by atoms with van der Waals surface area (Å²) in [6, 6.07) is 1.93. The third-order valence-corrected chi connectivity index (χ3v) is 10.2. The molecule has 6 rings (SSSR count). The van der Waals surface area contributed by atoms with Crippen LogP contribution in [-0.2, 0) is 14.3 Å². The number of nitriles is 1. The predicted molar refractivity (Wildman–Crippen MR) is 182 cm³/mol. The molecular weight excluding hydrogens is 588 g/mol. The Balaban J connectivity index is 0.000000292. The van der Waals surface area contributed by atoms with Crippen molar-refractivity contribution in [2.45, 2.75) is 88.4 Å². The number of ether oxygens (including phenoxy) is 1. The Morgan fingerprint density at radius 2 is 1.67 bits per heavy atom. The highest BCUT2D eigenvalue weighted by Crippen LogP contribution is 2.36. The molecule has 0 saturated carbocycles. The Labute approximate surface area is 279 Å². The molecule has 0 aromatic heterocycles. The number of rotatable bonds is 5. The Bertz CT molecular complexity index is 933. The van der Waals surface area contributed by atoms with E-state index in [4.69, 9.17) is 20.2 Å². The van der Waals surface area contributed by atoms with Gasteiger partial charge >= 0.3 is 5.97 Å². The molecule has 2 atom stereocenters. The van der Waals surface area contributed by atoms with Gasteiger partial charge in [0, 0.05) is 32.2 Å². The molecule has 0 radical (unpaired) electrons. The second-order valence-electron chi connectivity index (χ2n) is 13.3. The average Bonchev–Trinajstić information content (AvgIpc) is 3.83.